The summed E-state index contributed by atoms with van der Waals surface area (Å²) in [5, 5.41) is 1.02. The van der Waals surface area contributed by atoms with Crippen molar-refractivity contribution < 1.29 is 8.42 Å². The number of sulfone groups is 1. The Balaban J connectivity index is 1.30. The molecule has 0 aliphatic heterocycles. The van der Waals surface area contributed by atoms with Crippen molar-refractivity contribution in [3.8, 4) is 0 Å². The number of aromatic nitrogens is 5. The molecule has 3 aromatic heterocycles. The Kier molecular flexibility index (Phi) is 5.99. The van der Waals surface area contributed by atoms with Crippen LogP contribution in [0.15, 0.2) is 31.0 Å². The lowest BCUT2D eigenvalue weighted by Gasteiger charge is -2.35. The van der Waals surface area contributed by atoms with Gasteiger partial charge >= 0.3 is 0 Å². The number of nitrogens with zero attached hydrogens (tertiary/aromatic N) is 5. The number of aryl methyl sites for hydroxylation is 2. The molecule has 0 aromatic carbocycles. The highest BCUT2D eigenvalue weighted by Gasteiger charge is 2.28. The first-order valence-electron chi connectivity index (χ1n) is 10.4. The van der Waals surface area contributed by atoms with Gasteiger partial charge in [-0.25, -0.2) is 18.4 Å². The van der Waals surface area contributed by atoms with Crippen molar-refractivity contribution in [1.82, 2.24) is 24.9 Å². The molecule has 1 saturated carbocycles. The first-order chi connectivity index (χ1) is 14.4. The van der Waals surface area contributed by atoms with E-state index in [4.69, 9.17) is 0 Å². The lowest BCUT2D eigenvalue weighted by Crippen LogP contribution is -2.37. The molecular weight excluding hydrogens is 400 g/mol. The molecule has 160 valence electrons. The molecule has 1 aliphatic carbocycles. The lowest BCUT2D eigenvalue weighted by atomic mass is 9.86. The minimum absolute atomic E-state index is 0.136. The van der Waals surface area contributed by atoms with E-state index in [0.29, 0.717) is 12.5 Å². The molecule has 30 heavy (non-hydrogen) atoms. The van der Waals surface area contributed by atoms with Gasteiger partial charge in [0.1, 0.15) is 17.8 Å². The third-order valence-electron chi connectivity index (χ3n) is 6.02. The molecule has 0 amide bonds. The summed E-state index contributed by atoms with van der Waals surface area (Å²) in [6, 6.07) is 2.36. The van der Waals surface area contributed by atoms with Crippen LogP contribution in [0.5, 0.6) is 0 Å². The standard InChI is InChI=1S/C21H28N6O2S/c1-15-11-24-17(12-23-15)8-10-30(28,29)13-16-3-5-18(6-4-16)27(2)21-19-7-9-22-20(19)25-14-26-21/h7,9,11-12,14,16,18H,3-6,8,10,13H2,1-2H3,(H,22,25,26). The lowest BCUT2D eigenvalue weighted by molar-refractivity contribution is 0.341. The molecule has 3 heterocycles. The normalized spacial score (nSPS) is 19.8. The summed E-state index contributed by atoms with van der Waals surface area (Å²) in [6.07, 6.45) is 11.0. The first-order valence-corrected chi connectivity index (χ1v) is 12.2. The van der Waals surface area contributed by atoms with Crippen LogP contribution in [0.2, 0.25) is 0 Å². The average molecular weight is 429 g/mol. The monoisotopic (exact) mass is 428 g/mol. The van der Waals surface area contributed by atoms with Crippen molar-refractivity contribution in [2.45, 2.75) is 45.1 Å². The number of hydrogen-bond donors (Lipinski definition) is 1. The molecule has 0 atom stereocenters. The van der Waals surface area contributed by atoms with Crippen LogP contribution >= 0.6 is 0 Å². The number of H-pyrrole nitrogens is 1. The second-order valence-electron chi connectivity index (χ2n) is 8.24. The molecule has 4 rings (SSSR count). The second-order valence-corrected chi connectivity index (χ2v) is 10.5. The van der Waals surface area contributed by atoms with Crippen molar-refractivity contribution >= 4 is 26.7 Å². The van der Waals surface area contributed by atoms with E-state index in [1.54, 1.807) is 18.7 Å². The molecular formula is C21H28N6O2S. The van der Waals surface area contributed by atoms with Gasteiger partial charge in [0.2, 0.25) is 0 Å². The number of rotatable bonds is 7. The fourth-order valence-electron chi connectivity index (χ4n) is 4.26. The van der Waals surface area contributed by atoms with Gasteiger partial charge in [-0.3, -0.25) is 9.97 Å². The Morgan fingerprint density at radius 2 is 1.90 bits per heavy atom. The summed E-state index contributed by atoms with van der Waals surface area (Å²) in [5.41, 5.74) is 2.41. The molecule has 1 aliphatic rings. The molecule has 8 nitrogen and oxygen atoms in total. The highest BCUT2D eigenvalue weighted by Crippen LogP contribution is 2.32. The molecule has 9 heteroatoms. The number of aromatic amines is 1. The maximum atomic E-state index is 12.6. The Hall–Kier alpha value is -2.55. The summed E-state index contributed by atoms with van der Waals surface area (Å²) in [6.45, 7) is 1.87. The predicted octanol–water partition coefficient (Wildman–Crippen LogP) is 2.71. The molecule has 0 bridgehead atoms. The van der Waals surface area contributed by atoms with Crippen LogP contribution in [0.3, 0.4) is 0 Å². The Labute approximate surface area is 177 Å². The zero-order chi connectivity index (χ0) is 21.1. The third-order valence-corrected chi connectivity index (χ3v) is 7.83. The largest absolute Gasteiger partial charge is 0.356 e. The quantitative estimate of drug-likeness (QED) is 0.617. The van der Waals surface area contributed by atoms with Crippen LogP contribution in [-0.2, 0) is 16.3 Å². The van der Waals surface area contributed by atoms with Gasteiger partial charge in [-0.1, -0.05) is 0 Å². The van der Waals surface area contributed by atoms with E-state index < -0.39 is 9.84 Å². The van der Waals surface area contributed by atoms with Crippen molar-refractivity contribution in [2.24, 2.45) is 5.92 Å². The molecule has 1 N–H and O–H groups in total. The van der Waals surface area contributed by atoms with Gasteiger partial charge in [0, 0.05) is 38.1 Å². The van der Waals surface area contributed by atoms with E-state index in [0.717, 1.165) is 53.9 Å². The van der Waals surface area contributed by atoms with E-state index in [-0.39, 0.29) is 17.4 Å². The number of hydrogen-bond acceptors (Lipinski definition) is 7. The van der Waals surface area contributed by atoms with Gasteiger partial charge in [-0.05, 0) is 44.6 Å². The van der Waals surface area contributed by atoms with Crippen molar-refractivity contribution in [3.05, 3.63) is 42.4 Å². The van der Waals surface area contributed by atoms with E-state index in [1.165, 1.54) is 0 Å². The highest BCUT2D eigenvalue weighted by atomic mass is 32.2. The van der Waals surface area contributed by atoms with Crippen molar-refractivity contribution in [1.29, 1.82) is 0 Å². The van der Waals surface area contributed by atoms with Gasteiger partial charge < -0.3 is 9.88 Å². The maximum Gasteiger partial charge on any atom is 0.150 e. The molecule has 0 saturated heterocycles. The predicted molar refractivity (Wildman–Crippen MR) is 117 cm³/mol. The summed E-state index contributed by atoms with van der Waals surface area (Å²) < 4.78 is 25.2. The van der Waals surface area contributed by atoms with Gasteiger partial charge in [0.25, 0.3) is 0 Å². The van der Waals surface area contributed by atoms with Crippen LogP contribution in [0.4, 0.5) is 5.82 Å². The summed E-state index contributed by atoms with van der Waals surface area (Å²) in [7, 11) is -1.04. The summed E-state index contributed by atoms with van der Waals surface area (Å²) in [4.78, 5) is 22.5. The van der Waals surface area contributed by atoms with E-state index in [2.05, 4.69) is 36.9 Å². The summed E-state index contributed by atoms with van der Waals surface area (Å²) >= 11 is 0. The highest BCUT2D eigenvalue weighted by molar-refractivity contribution is 7.91. The fraction of sp³-hybridized carbons (Fsp3) is 0.524. The Morgan fingerprint density at radius 3 is 2.63 bits per heavy atom. The van der Waals surface area contributed by atoms with E-state index in [9.17, 15) is 8.42 Å². The second kappa shape index (κ2) is 8.67. The van der Waals surface area contributed by atoms with E-state index in [1.807, 2.05) is 19.2 Å². The first kappa shape index (κ1) is 20.7. The Bertz CT molecular complexity index is 1090. The minimum Gasteiger partial charge on any atom is -0.356 e. The number of nitrogens with one attached hydrogen (secondary N) is 1. The van der Waals surface area contributed by atoms with Crippen LogP contribution in [-0.4, -0.2) is 57.9 Å². The van der Waals surface area contributed by atoms with Crippen LogP contribution in [0.1, 0.15) is 37.1 Å². The molecule has 1 fully saturated rings. The zero-order valence-corrected chi connectivity index (χ0v) is 18.3. The minimum atomic E-state index is -3.11. The number of anilines is 1. The Morgan fingerprint density at radius 1 is 1.10 bits per heavy atom. The number of fused-ring (bicyclic) bond motifs is 1. The molecule has 0 spiro atoms. The third kappa shape index (κ3) is 4.77. The SMILES string of the molecule is Cc1cnc(CCS(=O)(=O)CC2CCC(N(C)c3ncnc4[nH]ccc34)CC2)cn1. The maximum absolute atomic E-state index is 12.6. The van der Waals surface area contributed by atoms with Gasteiger partial charge in [-0.2, -0.15) is 0 Å². The average Bonchev–Trinajstić information content (AvgIpc) is 3.22. The van der Waals surface area contributed by atoms with Gasteiger partial charge in [0.05, 0.1) is 28.3 Å². The van der Waals surface area contributed by atoms with Crippen LogP contribution < -0.4 is 4.90 Å². The van der Waals surface area contributed by atoms with Gasteiger partial charge in [0.15, 0.2) is 9.84 Å². The van der Waals surface area contributed by atoms with Gasteiger partial charge in [-0.15, -0.1) is 0 Å². The molecule has 0 radical (unpaired) electrons. The fourth-order valence-corrected chi connectivity index (χ4v) is 6.00. The summed E-state index contributed by atoms with van der Waals surface area (Å²) in [5.74, 6) is 1.55. The van der Waals surface area contributed by atoms with Crippen LogP contribution in [0, 0.1) is 12.8 Å². The topological polar surface area (TPSA) is 105 Å². The smallest absolute Gasteiger partial charge is 0.150 e. The van der Waals surface area contributed by atoms with Crippen molar-refractivity contribution in [3.63, 3.8) is 0 Å². The van der Waals surface area contributed by atoms with E-state index >= 15 is 0 Å². The molecule has 3 aromatic rings. The van der Waals surface area contributed by atoms with Crippen molar-refractivity contribution in [2.75, 3.05) is 23.5 Å². The zero-order valence-electron chi connectivity index (χ0n) is 17.5. The molecule has 0 unspecified atom stereocenters. The van der Waals surface area contributed by atoms with Crippen LogP contribution in [0.25, 0.3) is 11.0 Å².